The first kappa shape index (κ1) is 16.4. The molecule has 6 heteroatoms. The second-order valence-electron chi connectivity index (χ2n) is 5.21. The van der Waals surface area contributed by atoms with Crippen LogP contribution in [0.2, 0.25) is 0 Å². The predicted molar refractivity (Wildman–Crippen MR) is 82.1 cm³/mol. The Labute approximate surface area is 132 Å². The van der Waals surface area contributed by atoms with Crippen LogP contribution < -0.4 is 9.47 Å². The molecule has 0 aliphatic rings. The average Bonchev–Trinajstić information content (AvgIpc) is 2.47. The quantitative estimate of drug-likeness (QED) is 0.794. The number of rotatable bonds is 6. The number of carboxylic acids is 2. The van der Waals surface area contributed by atoms with Crippen molar-refractivity contribution in [2.45, 2.75) is 19.6 Å². The van der Waals surface area contributed by atoms with E-state index in [9.17, 15) is 19.8 Å². The Kier molecular flexibility index (Phi) is 4.55. The highest BCUT2D eigenvalue weighted by molar-refractivity contribution is 5.91. The van der Waals surface area contributed by atoms with Crippen molar-refractivity contribution < 1.29 is 29.3 Å². The Bertz CT molecular complexity index is 674. The van der Waals surface area contributed by atoms with Crippen LogP contribution >= 0.6 is 0 Å². The second-order valence-corrected chi connectivity index (χ2v) is 5.21. The fraction of sp³-hybridized carbons (Fsp3) is 0.176. The fourth-order valence-corrected chi connectivity index (χ4v) is 2.02. The SMILES string of the molecule is CC(C)(Oc1ccccc1C(=O)O)Oc1ccccc1C(=O)O. The molecule has 0 aliphatic carbocycles. The van der Waals surface area contributed by atoms with Crippen molar-refractivity contribution in [3.63, 3.8) is 0 Å². The van der Waals surface area contributed by atoms with Crippen LogP contribution in [0.25, 0.3) is 0 Å². The molecule has 23 heavy (non-hydrogen) atoms. The van der Waals surface area contributed by atoms with E-state index < -0.39 is 17.7 Å². The molecule has 2 aromatic rings. The highest BCUT2D eigenvalue weighted by Gasteiger charge is 2.26. The first-order valence-electron chi connectivity index (χ1n) is 6.83. The lowest BCUT2D eigenvalue weighted by Crippen LogP contribution is -2.36. The zero-order valence-corrected chi connectivity index (χ0v) is 12.6. The molecule has 0 radical (unpaired) electrons. The number of carbonyl (C=O) groups is 2. The van der Waals surface area contributed by atoms with Gasteiger partial charge in [0.15, 0.2) is 0 Å². The number of carboxylic acid groups (broad SMARTS) is 2. The maximum Gasteiger partial charge on any atom is 0.339 e. The standard InChI is InChI=1S/C17H16O6/c1-17(2,22-13-9-5-3-7-11(13)15(18)19)23-14-10-6-4-8-12(14)16(20)21/h3-10H,1-2H3,(H,18,19)(H,20,21). The van der Waals surface area contributed by atoms with Gasteiger partial charge in [0, 0.05) is 13.8 Å². The van der Waals surface area contributed by atoms with Crippen molar-refractivity contribution in [1.82, 2.24) is 0 Å². The van der Waals surface area contributed by atoms with Gasteiger partial charge in [-0.05, 0) is 24.3 Å². The normalized spacial score (nSPS) is 10.9. The Morgan fingerprint density at radius 1 is 0.783 bits per heavy atom. The smallest absolute Gasteiger partial charge is 0.339 e. The third-order valence-corrected chi connectivity index (χ3v) is 2.95. The largest absolute Gasteiger partial charge is 0.478 e. The zero-order valence-electron chi connectivity index (χ0n) is 12.6. The fourth-order valence-electron chi connectivity index (χ4n) is 2.02. The summed E-state index contributed by atoms with van der Waals surface area (Å²) in [6.07, 6.45) is 0. The number of benzene rings is 2. The lowest BCUT2D eigenvalue weighted by molar-refractivity contribution is -0.0817. The Balaban J connectivity index is 2.27. The zero-order chi connectivity index (χ0) is 17.0. The molecule has 0 amide bonds. The number of hydrogen-bond acceptors (Lipinski definition) is 4. The summed E-state index contributed by atoms with van der Waals surface area (Å²) < 4.78 is 11.3. The van der Waals surface area contributed by atoms with Crippen LogP contribution in [0.15, 0.2) is 48.5 Å². The molecule has 2 aromatic carbocycles. The van der Waals surface area contributed by atoms with Crippen molar-refractivity contribution in [1.29, 1.82) is 0 Å². The summed E-state index contributed by atoms with van der Waals surface area (Å²) in [6.45, 7) is 3.15. The van der Waals surface area contributed by atoms with Gasteiger partial charge in [-0.15, -0.1) is 0 Å². The van der Waals surface area contributed by atoms with Gasteiger partial charge in [0.1, 0.15) is 22.6 Å². The Morgan fingerprint density at radius 2 is 1.13 bits per heavy atom. The molecule has 0 bridgehead atoms. The highest BCUT2D eigenvalue weighted by Crippen LogP contribution is 2.27. The van der Waals surface area contributed by atoms with Crippen LogP contribution in [0.4, 0.5) is 0 Å². The minimum atomic E-state index is -1.27. The Morgan fingerprint density at radius 3 is 1.48 bits per heavy atom. The van der Waals surface area contributed by atoms with Gasteiger partial charge in [-0.25, -0.2) is 9.59 Å². The van der Waals surface area contributed by atoms with E-state index in [0.29, 0.717) is 0 Å². The molecule has 0 spiro atoms. The molecule has 0 aliphatic heterocycles. The van der Waals surface area contributed by atoms with Gasteiger partial charge in [-0.1, -0.05) is 24.3 Å². The van der Waals surface area contributed by atoms with Crippen molar-refractivity contribution in [3.05, 3.63) is 59.7 Å². The second kappa shape index (κ2) is 6.39. The monoisotopic (exact) mass is 316 g/mol. The molecular weight excluding hydrogens is 300 g/mol. The maximum absolute atomic E-state index is 11.2. The lowest BCUT2D eigenvalue weighted by Gasteiger charge is -2.28. The van der Waals surface area contributed by atoms with Crippen molar-refractivity contribution in [2.24, 2.45) is 0 Å². The number of ether oxygens (including phenoxy) is 2. The van der Waals surface area contributed by atoms with Crippen LogP contribution in [-0.2, 0) is 0 Å². The predicted octanol–water partition coefficient (Wildman–Crippen LogP) is 3.28. The van der Waals surface area contributed by atoms with Gasteiger partial charge < -0.3 is 19.7 Å². The molecule has 0 saturated heterocycles. The van der Waals surface area contributed by atoms with Crippen molar-refractivity contribution >= 4 is 11.9 Å². The molecular formula is C17H16O6. The molecule has 120 valence electrons. The summed E-state index contributed by atoms with van der Waals surface area (Å²) in [5, 5.41) is 18.3. The summed E-state index contributed by atoms with van der Waals surface area (Å²) in [7, 11) is 0. The van der Waals surface area contributed by atoms with Gasteiger partial charge >= 0.3 is 11.9 Å². The molecule has 0 fully saturated rings. The summed E-state index contributed by atoms with van der Waals surface area (Å²) in [5.74, 6) is -3.24. The first-order valence-corrected chi connectivity index (χ1v) is 6.83. The average molecular weight is 316 g/mol. The first-order chi connectivity index (χ1) is 10.8. The summed E-state index contributed by atoms with van der Waals surface area (Å²) in [6, 6.07) is 12.3. The van der Waals surface area contributed by atoms with E-state index in [1.165, 1.54) is 24.3 Å². The van der Waals surface area contributed by atoms with Crippen LogP contribution in [-0.4, -0.2) is 27.9 Å². The summed E-state index contributed by atoms with van der Waals surface area (Å²) in [4.78, 5) is 22.4. The number of aromatic carboxylic acids is 2. The van der Waals surface area contributed by atoms with Crippen LogP contribution in [0.5, 0.6) is 11.5 Å². The minimum Gasteiger partial charge on any atom is -0.478 e. The van der Waals surface area contributed by atoms with E-state index in [1.807, 2.05) is 0 Å². The van der Waals surface area contributed by atoms with E-state index in [0.717, 1.165) is 0 Å². The molecule has 0 atom stereocenters. The molecule has 0 heterocycles. The topological polar surface area (TPSA) is 93.1 Å². The van der Waals surface area contributed by atoms with Gasteiger partial charge in [0.05, 0.1) is 0 Å². The highest BCUT2D eigenvalue weighted by atomic mass is 16.7. The molecule has 0 aromatic heterocycles. The van der Waals surface area contributed by atoms with E-state index in [-0.39, 0.29) is 22.6 Å². The Hall–Kier alpha value is -3.02. The van der Waals surface area contributed by atoms with Crippen molar-refractivity contribution in [3.8, 4) is 11.5 Å². The van der Waals surface area contributed by atoms with Gasteiger partial charge in [-0.2, -0.15) is 0 Å². The molecule has 2 rings (SSSR count). The number of hydrogen-bond donors (Lipinski definition) is 2. The molecule has 0 saturated carbocycles. The summed E-state index contributed by atoms with van der Waals surface area (Å²) >= 11 is 0. The summed E-state index contributed by atoms with van der Waals surface area (Å²) in [5.41, 5.74) is -0.00797. The van der Waals surface area contributed by atoms with Gasteiger partial charge in [0.25, 0.3) is 0 Å². The van der Waals surface area contributed by atoms with Gasteiger partial charge in [0.2, 0.25) is 5.79 Å². The lowest BCUT2D eigenvalue weighted by atomic mass is 10.2. The van der Waals surface area contributed by atoms with Gasteiger partial charge in [-0.3, -0.25) is 0 Å². The van der Waals surface area contributed by atoms with Crippen LogP contribution in [0.1, 0.15) is 34.6 Å². The molecule has 2 N–H and O–H groups in total. The van der Waals surface area contributed by atoms with E-state index in [4.69, 9.17) is 9.47 Å². The van der Waals surface area contributed by atoms with Crippen molar-refractivity contribution in [2.75, 3.05) is 0 Å². The van der Waals surface area contributed by atoms with E-state index in [1.54, 1.807) is 38.1 Å². The van der Waals surface area contributed by atoms with Crippen LogP contribution in [0, 0.1) is 0 Å². The maximum atomic E-state index is 11.2. The number of para-hydroxylation sites is 2. The van der Waals surface area contributed by atoms with E-state index in [2.05, 4.69) is 0 Å². The third-order valence-electron chi connectivity index (χ3n) is 2.95. The van der Waals surface area contributed by atoms with E-state index >= 15 is 0 Å². The van der Waals surface area contributed by atoms with Crippen LogP contribution in [0.3, 0.4) is 0 Å². The molecule has 0 unspecified atom stereocenters. The third kappa shape index (κ3) is 4.00. The molecule has 6 nitrogen and oxygen atoms in total. The minimum absolute atomic E-state index is 0.00399.